The van der Waals surface area contributed by atoms with Gasteiger partial charge in [0.25, 0.3) is 0 Å². The van der Waals surface area contributed by atoms with Crippen LogP contribution in [0.5, 0.6) is 0 Å². The molecule has 1 unspecified atom stereocenters. The maximum Gasteiger partial charge on any atom is 0.336 e. The van der Waals surface area contributed by atoms with Crippen molar-refractivity contribution in [1.29, 1.82) is 0 Å². The molecule has 2 rings (SSSR count). The summed E-state index contributed by atoms with van der Waals surface area (Å²) in [6, 6.07) is 13.1. The molecular formula is C19H21NO4. The van der Waals surface area contributed by atoms with E-state index in [1.165, 1.54) is 6.07 Å². The third kappa shape index (κ3) is 4.20. The van der Waals surface area contributed by atoms with Crippen molar-refractivity contribution < 1.29 is 19.4 Å². The lowest BCUT2D eigenvalue weighted by Gasteiger charge is -2.23. The zero-order chi connectivity index (χ0) is 17.9. The Morgan fingerprint density at radius 3 is 2.21 bits per heavy atom. The van der Waals surface area contributed by atoms with Crippen molar-refractivity contribution in [3.05, 3.63) is 59.7 Å². The van der Waals surface area contributed by atoms with Crippen molar-refractivity contribution in [3.8, 4) is 11.1 Å². The van der Waals surface area contributed by atoms with Crippen LogP contribution in [-0.2, 0) is 9.53 Å². The van der Waals surface area contributed by atoms with Gasteiger partial charge in [-0.05, 0) is 49.6 Å². The highest BCUT2D eigenvalue weighted by Gasteiger charge is 2.27. The average Bonchev–Trinajstić information content (AvgIpc) is 2.52. The van der Waals surface area contributed by atoms with Crippen LogP contribution in [0, 0.1) is 0 Å². The lowest BCUT2D eigenvalue weighted by atomic mass is 9.95. The van der Waals surface area contributed by atoms with Gasteiger partial charge in [0.15, 0.2) is 0 Å². The highest BCUT2D eigenvalue weighted by molar-refractivity contribution is 5.93. The number of aromatic carboxylic acids is 1. The molecule has 0 aromatic heterocycles. The molecule has 24 heavy (non-hydrogen) atoms. The summed E-state index contributed by atoms with van der Waals surface area (Å²) >= 11 is 0. The SMILES string of the molecule is CC(C)(C)OC(=O)C(N)c1cc(-c2ccccc2)ccc1C(=O)O. The second-order valence-corrected chi connectivity index (χ2v) is 6.48. The Morgan fingerprint density at radius 1 is 1.04 bits per heavy atom. The number of esters is 1. The van der Waals surface area contributed by atoms with Crippen LogP contribution in [0.15, 0.2) is 48.5 Å². The Balaban J connectivity index is 2.46. The van der Waals surface area contributed by atoms with Crippen LogP contribution in [0.4, 0.5) is 0 Å². The van der Waals surface area contributed by atoms with Gasteiger partial charge in [0, 0.05) is 0 Å². The molecule has 0 aliphatic carbocycles. The Hall–Kier alpha value is -2.66. The quantitative estimate of drug-likeness (QED) is 0.840. The Labute approximate surface area is 141 Å². The normalized spacial score (nSPS) is 12.5. The number of carbonyl (C=O) groups is 2. The van der Waals surface area contributed by atoms with Crippen molar-refractivity contribution >= 4 is 11.9 Å². The summed E-state index contributed by atoms with van der Waals surface area (Å²) < 4.78 is 5.28. The number of carboxylic acid groups (broad SMARTS) is 1. The van der Waals surface area contributed by atoms with Crippen LogP contribution in [0.25, 0.3) is 11.1 Å². The molecule has 0 aliphatic rings. The molecule has 0 aliphatic heterocycles. The molecule has 0 fully saturated rings. The molecule has 0 saturated carbocycles. The van der Waals surface area contributed by atoms with Gasteiger partial charge in [0.05, 0.1) is 5.56 Å². The summed E-state index contributed by atoms with van der Waals surface area (Å²) in [6.45, 7) is 5.20. The van der Waals surface area contributed by atoms with Crippen LogP contribution in [0.2, 0.25) is 0 Å². The number of hydrogen-bond acceptors (Lipinski definition) is 4. The van der Waals surface area contributed by atoms with E-state index in [9.17, 15) is 14.7 Å². The summed E-state index contributed by atoms with van der Waals surface area (Å²) in [4.78, 5) is 23.7. The molecule has 0 spiro atoms. The maximum atomic E-state index is 12.2. The maximum absolute atomic E-state index is 12.2. The van der Waals surface area contributed by atoms with Gasteiger partial charge in [0.1, 0.15) is 11.6 Å². The Kier molecular flexibility index (Phi) is 5.04. The lowest BCUT2D eigenvalue weighted by Crippen LogP contribution is -2.32. The first kappa shape index (κ1) is 17.7. The minimum atomic E-state index is -1.17. The van der Waals surface area contributed by atoms with E-state index in [2.05, 4.69) is 0 Å². The third-order valence-electron chi connectivity index (χ3n) is 3.38. The van der Waals surface area contributed by atoms with Crippen molar-refractivity contribution in [2.45, 2.75) is 32.4 Å². The zero-order valence-electron chi connectivity index (χ0n) is 13.9. The van der Waals surface area contributed by atoms with Crippen molar-refractivity contribution in [2.24, 2.45) is 5.73 Å². The average molecular weight is 327 g/mol. The molecule has 0 radical (unpaired) electrons. The second-order valence-electron chi connectivity index (χ2n) is 6.48. The van der Waals surface area contributed by atoms with E-state index in [4.69, 9.17) is 10.5 Å². The molecule has 2 aromatic rings. The van der Waals surface area contributed by atoms with Crippen LogP contribution < -0.4 is 5.73 Å². The fourth-order valence-electron chi connectivity index (χ4n) is 2.32. The Bertz CT molecular complexity index is 748. The number of hydrogen-bond donors (Lipinski definition) is 2. The first-order chi connectivity index (χ1) is 11.2. The number of rotatable bonds is 4. The van der Waals surface area contributed by atoms with E-state index in [1.54, 1.807) is 32.9 Å². The molecule has 5 heteroatoms. The number of ether oxygens (including phenoxy) is 1. The van der Waals surface area contributed by atoms with Gasteiger partial charge >= 0.3 is 11.9 Å². The first-order valence-corrected chi connectivity index (χ1v) is 7.60. The van der Waals surface area contributed by atoms with Crippen LogP contribution in [0.1, 0.15) is 42.7 Å². The topological polar surface area (TPSA) is 89.6 Å². The van der Waals surface area contributed by atoms with Crippen LogP contribution >= 0.6 is 0 Å². The van der Waals surface area contributed by atoms with Crippen molar-refractivity contribution in [1.82, 2.24) is 0 Å². The summed E-state index contributed by atoms with van der Waals surface area (Å²) in [7, 11) is 0. The summed E-state index contributed by atoms with van der Waals surface area (Å²) in [6.07, 6.45) is 0. The molecule has 2 aromatic carbocycles. The van der Waals surface area contributed by atoms with Gasteiger partial charge < -0.3 is 15.6 Å². The second kappa shape index (κ2) is 6.84. The summed E-state index contributed by atoms with van der Waals surface area (Å²) in [5.41, 5.74) is 7.22. The Morgan fingerprint density at radius 2 is 1.67 bits per heavy atom. The minimum absolute atomic E-state index is 0.00644. The fourth-order valence-corrected chi connectivity index (χ4v) is 2.32. The molecule has 1 atom stereocenters. The summed E-state index contributed by atoms with van der Waals surface area (Å²) in [5.74, 6) is -1.79. The lowest BCUT2D eigenvalue weighted by molar-refractivity contribution is -0.156. The fraction of sp³-hybridized carbons (Fsp3) is 0.263. The van der Waals surface area contributed by atoms with E-state index in [0.29, 0.717) is 0 Å². The highest BCUT2D eigenvalue weighted by atomic mass is 16.6. The van der Waals surface area contributed by atoms with E-state index in [1.807, 2.05) is 30.3 Å². The third-order valence-corrected chi connectivity index (χ3v) is 3.38. The van der Waals surface area contributed by atoms with Gasteiger partial charge in [-0.3, -0.25) is 0 Å². The number of carbonyl (C=O) groups excluding carboxylic acids is 1. The monoisotopic (exact) mass is 327 g/mol. The van der Waals surface area contributed by atoms with E-state index >= 15 is 0 Å². The summed E-state index contributed by atoms with van der Waals surface area (Å²) in [5, 5.41) is 9.38. The van der Waals surface area contributed by atoms with Gasteiger partial charge in [-0.2, -0.15) is 0 Å². The number of benzene rings is 2. The van der Waals surface area contributed by atoms with Crippen LogP contribution in [-0.4, -0.2) is 22.6 Å². The van der Waals surface area contributed by atoms with Crippen LogP contribution in [0.3, 0.4) is 0 Å². The molecule has 3 N–H and O–H groups in total. The number of nitrogens with two attached hydrogens (primary N) is 1. The van der Waals surface area contributed by atoms with Gasteiger partial charge in [-0.25, -0.2) is 9.59 Å². The molecule has 0 heterocycles. The zero-order valence-corrected chi connectivity index (χ0v) is 13.9. The predicted octanol–water partition coefficient (Wildman–Crippen LogP) is 3.39. The van der Waals surface area contributed by atoms with Crippen molar-refractivity contribution in [3.63, 3.8) is 0 Å². The molecular weight excluding hydrogens is 306 g/mol. The van der Waals surface area contributed by atoms with E-state index in [0.717, 1.165) is 11.1 Å². The van der Waals surface area contributed by atoms with Gasteiger partial charge in [0.2, 0.25) is 0 Å². The molecule has 0 saturated heterocycles. The van der Waals surface area contributed by atoms with Gasteiger partial charge in [-0.15, -0.1) is 0 Å². The smallest absolute Gasteiger partial charge is 0.336 e. The first-order valence-electron chi connectivity index (χ1n) is 7.60. The van der Waals surface area contributed by atoms with Crippen molar-refractivity contribution in [2.75, 3.05) is 0 Å². The molecule has 0 bridgehead atoms. The molecule has 5 nitrogen and oxygen atoms in total. The van der Waals surface area contributed by atoms with E-state index < -0.39 is 23.6 Å². The molecule has 0 amide bonds. The predicted molar refractivity (Wildman–Crippen MR) is 91.6 cm³/mol. The largest absolute Gasteiger partial charge is 0.478 e. The van der Waals surface area contributed by atoms with Gasteiger partial charge in [-0.1, -0.05) is 36.4 Å². The highest BCUT2D eigenvalue weighted by Crippen LogP contribution is 2.27. The van der Waals surface area contributed by atoms with E-state index in [-0.39, 0.29) is 11.1 Å². The number of carboxylic acids is 1. The standard InChI is InChI=1S/C19H21NO4/c1-19(2,3)24-18(23)16(20)15-11-13(9-10-14(15)17(21)22)12-7-5-4-6-8-12/h4-11,16H,20H2,1-3H3,(H,21,22). The minimum Gasteiger partial charge on any atom is -0.478 e. The molecule has 126 valence electrons.